The molecule has 4 heteroatoms. The molecule has 0 unspecified atom stereocenters. The summed E-state index contributed by atoms with van der Waals surface area (Å²) in [7, 11) is 0. The standard InChI is InChI=1S/C10H9IN2O/c11-9-3-1-2-4-10(9)13-5-8(6-14)12-7-13/h1-5,7,14H,6H2. The van der Waals surface area contributed by atoms with E-state index < -0.39 is 0 Å². The van der Waals surface area contributed by atoms with Gasteiger partial charge in [-0.05, 0) is 34.7 Å². The molecule has 0 saturated heterocycles. The fraction of sp³-hybridized carbons (Fsp3) is 0.100. The molecule has 0 amide bonds. The van der Waals surface area contributed by atoms with Crippen LogP contribution in [0.4, 0.5) is 0 Å². The van der Waals surface area contributed by atoms with Crippen LogP contribution in [0.2, 0.25) is 0 Å². The number of benzene rings is 1. The lowest BCUT2D eigenvalue weighted by molar-refractivity contribution is 0.277. The van der Waals surface area contributed by atoms with Gasteiger partial charge in [-0.3, -0.25) is 0 Å². The molecule has 1 heterocycles. The highest BCUT2D eigenvalue weighted by Crippen LogP contribution is 2.16. The molecule has 0 radical (unpaired) electrons. The first kappa shape index (κ1) is 9.67. The minimum atomic E-state index is -0.0174. The van der Waals surface area contributed by atoms with Gasteiger partial charge in [0.05, 0.1) is 24.3 Å². The molecule has 14 heavy (non-hydrogen) atoms. The summed E-state index contributed by atoms with van der Waals surface area (Å²) in [4.78, 5) is 4.06. The highest BCUT2D eigenvalue weighted by atomic mass is 127. The highest BCUT2D eigenvalue weighted by Gasteiger charge is 2.02. The third-order valence-electron chi connectivity index (χ3n) is 1.93. The summed E-state index contributed by atoms with van der Waals surface area (Å²) < 4.78 is 3.07. The molecule has 0 saturated carbocycles. The van der Waals surface area contributed by atoms with E-state index in [2.05, 4.69) is 27.6 Å². The number of rotatable bonds is 2. The van der Waals surface area contributed by atoms with E-state index in [1.807, 2.05) is 35.0 Å². The van der Waals surface area contributed by atoms with Crippen LogP contribution in [-0.2, 0) is 6.61 Å². The normalized spacial score (nSPS) is 10.4. The fourth-order valence-corrected chi connectivity index (χ4v) is 1.90. The summed E-state index contributed by atoms with van der Waals surface area (Å²) in [5.74, 6) is 0. The molecule has 1 aromatic carbocycles. The largest absolute Gasteiger partial charge is 0.390 e. The topological polar surface area (TPSA) is 38.0 Å². The maximum atomic E-state index is 8.89. The van der Waals surface area contributed by atoms with Gasteiger partial charge in [-0.15, -0.1) is 0 Å². The van der Waals surface area contributed by atoms with Gasteiger partial charge in [0, 0.05) is 9.77 Å². The number of nitrogens with zero attached hydrogens (tertiary/aromatic N) is 2. The molecule has 0 aliphatic rings. The van der Waals surface area contributed by atoms with E-state index in [0.717, 1.165) is 9.26 Å². The Bertz CT molecular complexity index is 439. The lowest BCUT2D eigenvalue weighted by Crippen LogP contribution is -1.92. The van der Waals surface area contributed by atoms with Gasteiger partial charge in [-0.2, -0.15) is 0 Å². The summed E-state index contributed by atoms with van der Waals surface area (Å²) in [6.45, 7) is -0.0174. The quantitative estimate of drug-likeness (QED) is 0.861. The van der Waals surface area contributed by atoms with Crippen molar-refractivity contribution in [3.05, 3.63) is 46.1 Å². The monoisotopic (exact) mass is 300 g/mol. The smallest absolute Gasteiger partial charge is 0.0996 e. The molecule has 0 aliphatic heterocycles. The molecule has 0 bridgehead atoms. The second-order valence-electron chi connectivity index (χ2n) is 2.88. The number of hydrogen-bond acceptors (Lipinski definition) is 2. The second kappa shape index (κ2) is 4.10. The van der Waals surface area contributed by atoms with Crippen molar-refractivity contribution in [3.63, 3.8) is 0 Å². The molecule has 2 rings (SSSR count). The van der Waals surface area contributed by atoms with E-state index in [4.69, 9.17) is 5.11 Å². The van der Waals surface area contributed by atoms with Crippen LogP contribution in [0.25, 0.3) is 5.69 Å². The lowest BCUT2D eigenvalue weighted by atomic mass is 10.3. The van der Waals surface area contributed by atoms with Crippen LogP contribution < -0.4 is 0 Å². The molecule has 0 fully saturated rings. The van der Waals surface area contributed by atoms with Gasteiger partial charge < -0.3 is 9.67 Å². The minimum absolute atomic E-state index is 0.0174. The van der Waals surface area contributed by atoms with Gasteiger partial charge in [-0.1, -0.05) is 12.1 Å². The first-order valence-electron chi connectivity index (χ1n) is 4.20. The van der Waals surface area contributed by atoms with Crippen molar-refractivity contribution in [2.24, 2.45) is 0 Å². The molecule has 0 atom stereocenters. The Balaban J connectivity index is 2.44. The Morgan fingerprint density at radius 1 is 1.36 bits per heavy atom. The van der Waals surface area contributed by atoms with Crippen molar-refractivity contribution in [1.29, 1.82) is 0 Å². The van der Waals surface area contributed by atoms with Gasteiger partial charge >= 0.3 is 0 Å². The molecule has 72 valence electrons. The Labute approximate surface area is 95.5 Å². The van der Waals surface area contributed by atoms with E-state index in [-0.39, 0.29) is 6.61 Å². The molecule has 0 aliphatic carbocycles. The number of aliphatic hydroxyl groups excluding tert-OH is 1. The number of para-hydroxylation sites is 1. The van der Waals surface area contributed by atoms with Gasteiger partial charge in [0.1, 0.15) is 0 Å². The Morgan fingerprint density at radius 3 is 2.79 bits per heavy atom. The number of halogens is 1. The lowest BCUT2D eigenvalue weighted by Gasteiger charge is -2.03. The predicted octanol–water partition coefficient (Wildman–Crippen LogP) is 1.97. The third kappa shape index (κ3) is 1.80. The van der Waals surface area contributed by atoms with Crippen LogP contribution in [-0.4, -0.2) is 14.7 Å². The molecule has 3 nitrogen and oxygen atoms in total. The van der Waals surface area contributed by atoms with Crippen molar-refractivity contribution < 1.29 is 5.11 Å². The Hall–Kier alpha value is -0.880. The highest BCUT2D eigenvalue weighted by molar-refractivity contribution is 14.1. The molecule has 1 N–H and O–H groups in total. The average Bonchev–Trinajstić information content (AvgIpc) is 2.67. The predicted molar refractivity (Wildman–Crippen MR) is 62.2 cm³/mol. The van der Waals surface area contributed by atoms with Crippen LogP contribution in [0.1, 0.15) is 5.69 Å². The van der Waals surface area contributed by atoms with E-state index >= 15 is 0 Å². The second-order valence-corrected chi connectivity index (χ2v) is 4.04. The average molecular weight is 300 g/mol. The summed E-state index contributed by atoms with van der Waals surface area (Å²) in [5.41, 5.74) is 1.77. The zero-order valence-electron chi connectivity index (χ0n) is 7.39. The van der Waals surface area contributed by atoms with Gasteiger partial charge in [0.2, 0.25) is 0 Å². The van der Waals surface area contributed by atoms with E-state index in [1.54, 1.807) is 6.33 Å². The maximum absolute atomic E-state index is 8.89. The van der Waals surface area contributed by atoms with Crippen LogP contribution >= 0.6 is 22.6 Å². The minimum Gasteiger partial charge on any atom is -0.390 e. The SMILES string of the molecule is OCc1cn(-c2ccccc2I)cn1. The van der Waals surface area contributed by atoms with Crippen LogP contribution in [0.3, 0.4) is 0 Å². The van der Waals surface area contributed by atoms with Crippen molar-refractivity contribution >= 4 is 22.6 Å². The molecule has 0 spiro atoms. The Morgan fingerprint density at radius 2 is 2.14 bits per heavy atom. The van der Waals surface area contributed by atoms with Crippen molar-refractivity contribution in [3.8, 4) is 5.69 Å². The van der Waals surface area contributed by atoms with E-state index in [0.29, 0.717) is 5.69 Å². The van der Waals surface area contributed by atoms with E-state index in [9.17, 15) is 0 Å². The summed E-state index contributed by atoms with van der Waals surface area (Å²) in [6.07, 6.45) is 3.54. The van der Waals surface area contributed by atoms with Crippen molar-refractivity contribution in [2.45, 2.75) is 6.61 Å². The van der Waals surface area contributed by atoms with Crippen molar-refractivity contribution in [2.75, 3.05) is 0 Å². The zero-order chi connectivity index (χ0) is 9.97. The third-order valence-corrected chi connectivity index (χ3v) is 2.84. The number of aliphatic hydroxyl groups is 1. The molecular formula is C10H9IN2O. The summed E-state index contributed by atoms with van der Waals surface area (Å²) in [5, 5.41) is 8.89. The summed E-state index contributed by atoms with van der Waals surface area (Å²) in [6, 6.07) is 8.03. The molecular weight excluding hydrogens is 291 g/mol. The summed E-state index contributed by atoms with van der Waals surface area (Å²) >= 11 is 2.27. The first-order chi connectivity index (χ1) is 6.81. The van der Waals surface area contributed by atoms with Gasteiger partial charge in [0.25, 0.3) is 0 Å². The fourth-order valence-electron chi connectivity index (χ4n) is 1.24. The van der Waals surface area contributed by atoms with E-state index in [1.165, 1.54) is 0 Å². The van der Waals surface area contributed by atoms with Crippen LogP contribution in [0, 0.1) is 3.57 Å². The zero-order valence-corrected chi connectivity index (χ0v) is 9.55. The van der Waals surface area contributed by atoms with Crippen LogP contribution in [0.15, 0.2) is 36.8 Å². The Kier molecular flexibility index (Phi) is 2.83. The first-order valence-corrected chi connectivity index (χ1v) is 5.28. The van der Waals surface area contributed by atoms with Crippen molar-refractivity contribution in [1.82, 2.24) is 9.55 Å². The maximum Gasteiger partial charge on any atom is 0.0996 e. The van der Waals surface area contributed by atoms with Gasteiger partial charge in [0.15, 0.2) is 0 Å². The van der Waals surface area contributed by atoms with Gasteiger partial charge in [-0.25, -0.2) is 4.98 Å². The molecule has 1 aromatic heterocycles. The number of hydrogen-bond donors (Lipinski definition) is 1. The van der Waals surface area contributed by atoms with Crippen LogP contribution in [0.5, 0.6) is 0 Å². The number of imidazole rings is 1. The molecule has 2 aromatic rings. The number of aromatic nitrogens is 2.